The third kappa shape index (κ3) is 3.51. The van der Waals surface area contributed by atoms with Crippen molar-refractivity contribution in [3.63, 3.8) is 0 Å². The largest absolute Gasteiger partial charge is 0.508 e. The van der Waals surface area contributed by atoms with E-state index in [4.69, 9.17) is 4.74 Å². The van der Waals surface area contributed by atoms with Crippen LogP contribution < -0.4 is 4.74 Å². The number of halogens is 1. The molecule has 3 heteroatoms. The molecule has 2 aliphatic rings. The van der Waals surface area contributed by atoms with Gasteiger partial charge in [-0.1, -0.05) is 34.0 Å². The number of allylic oxidation sites excluding steroid dienone is 2. The van der Waals surface area contributed by atoms with E-state index in [1.165, 1.54) is 24.0 Å². The lowest BCUT2D eigenvalue weighted by Crippen LogP contribution is -2.45. The molecule has 0 aromatic heterocycles. The summed E-state index contributed by atoms with van der Waals surface area (Å²) in [7, 11) is 0. The number of aromatic hydroxyl groups is 1. The number of rotatable bonds is 5. The molecule has 1 heterocycles. The quantitative estimate of drug-likeness (QED) is 0.372. The van der Waals surface area contributed by atoms with Gasteiger partial charge in [-0.3, -0.25) is 0 Å². The number of hydrogen-bond donors (Lipinski definition) is 1. The minimum Gasteiger partial charge on any atom is -0.508 e. The normalized spacial score (nSPS) is 24.6. The van der Waals surface area contributed by atoms with Crippen molar-refractivity contribution in [1.82, 2.24) is 0 Å². The molecule has 0 fully saturated rings. The standard InChI is InChI=1S/C21H29BrO2/c1-14-8-9-17-16(11-14)20-18(23)12-15(7-5-4-6-10-22)13-19(20)24-21(17,2)3/h8,12-13,16-17,23H,4-7,9-11H2,1-3H3/t16-,17+/m1/s1. The Hall–Kier alpha value is -0.960. The molecule has 0 bridgehead atoms. The van der Waals surface area contributed by atoms with Gasteiger partial charge < -0.3 is 9.84 Å². The number of ether oxygens (including phenoxy) is 1. The summed E-state index contributed by atoms with van der Waals surface area (Å²) in [5.41, 5.74) is 3.47. The molecule has 0 saturated heterocycles. The van der Waals surface area contributed by atoms with Gasteiger partial charge in [0.05, 0.1) is 0 Å². The Morgan fingerprint density at radius 1 is 1.25 bits per heavy atom. The highest BCUT2D eigenvalue weighted by Crippen LogP contribution is 2.54. The number of benzene rings is 1. The highest BCUT2D eigenvalue weighted by molar-refractivity contribution is 9.09. The summed E-state index contributed by atoms with van der Waals surface area (Å²) in [5, 5.41) is 11.8. The predicted molar refractivity (Wildman–Crippen MR) is 103 cm³/mol. The fourth-order valence-electron chi connectivity index (χ4n) is 4.36. The zero-order valence-corrected chi connectivity index (χ0v) is 16.7. The van der Waals surface area contributed by atoms with Crippen LogP contribution >= 0.6 is 15.9 Å². The average Bonchev–Trinajstić information content (AvgIpc) is 2.50. The Morgan fingerprint density at radius 2 is 2.04 bits per heavy atom. The number of fused-ring (bicyclic) bond motifs is 3. The van der Waals surface area contributed by atoms with E-state index in [9.17, 15) is 5.11 Å². The van der Waals surface area contributed by atoms with Crippen molar-refractivity contribution in [2.75, 3.05) is 5.33 Å². The van der Waals surface area contributed by atoms with Gasteiger partial charge in [-0.15, -0.1) is 0 Å². The molecule has 1 aromatic rings. The molecular weight excluding hydrogens is 364 g/mol. The maximum absolute atomic E-state index is 10.7. The summed E-state index contributed by atoms with van der Waals surface area (Å²) in [6.07, 6.45) is 8.98. The van der Waals surface area contributed by atoms with Gasteiger partial charge in [0.15, 0.2) is 0 Å². The molecule has 1 aliphatic heterocycles. The van der Waals surface area contributed by atoms with Gasteiger partial charge in [-0.25, -0.2) is 0 Å². The van der Waals surface area contributed by atoms with Gasteiger partial charge in [0.2, 0.25) is 0 Å². The Bertz CT molecular complexity index is 633. The molecule has 1 aliphatic carbocycles. The second-order valence-corrected chi connectivity index (χ2v) is 8.73. The fraction of sp³-hybridized carbons (Fsp3) is 0.619. The summed E-state index contributed by atoms with van der Waals surface area (Å²) >= 11 is 3.48. The van der Waals surface area contributed by atoms with Crippen molar-refractivity contribution in [1.29, 1.82) is 0 Å². The highest BCUT2D eigenvalue weighted by Gasteiger charge is 2.45. The van der Waals surface area contributed by atoms with Crippen LogP contribution in [-0.2, 0) is 6.42 Å². The lowest BCUT2D eigenvalue weighted by atomic mass is 9.67. The molecule has 0 saturated carbocycles. The average molecular weight is 393 g/mol. The third-order valence-electron chi connectivity index (χ3n) is 5.66. The second-order valence-electron chi connectivity index (χ2n) is 7.94. The summed E-state index contributed by atoms with van der Waals surface area (Å²) in [4.78, 5) is 0. The van der Waals surface area contributed by atoms with Gasteiger partial charge in [-0.05, 0) is 70.6 Å². The Balaban J connectivity index is 1.89. The van der Waals surface area contributed by atoms with Crippen LogP contribution in [0.1, 0.15) is 69.9 Å². The van der Waals surface area contributed by atoms with E-state index in [0.717, 1.165) is 42.3 Å². The van der Waals surface area contributed by atoms with Crippen LogP contribution in [-0.4, -0.2) is 16.0 Å². The summed E-state index contributed by atoms with van der Waals surface area (Å²) < 4.78 is 6.38. The van der Waals surface area contributed by atoms with E-state index in [0.29, 0.717) is 17.6 Å². The van der Waals surface area contributed by atoms with Gasteiger partial charge >= 0.3 is 0 Å². The van der Waals surface area contributed by atoms with Gasteiger partial charge in [0.25, 0.3) is 0 Å². The first-order valence-electron chi connectivity index (χ1n) is 9.19. The van der Waals surface area contributed by atoms with Crippen molar-refractivity contribution >= 4 is 15.9 Å². The summed E-state index contributed by atoms with van der Waals surface area (Å²) in [5.74, 6) is 2.15. The van der Waals surface area contributed by atoms with Crippen LogP contribution in [0.4, 0.5) is 0 Å². The molecule has 1 aromatic carbocycles. The SMILES string of the molecule is CC1=CC[C@H]2[C@@H](C1)c1c(O)cc(CCCCCBr)cc1OC2(C)C. The van der Waals surface area contributed by atoms with Gasteiger partial charge in [0.1, 0.15) is 17.1 Å². The van der Waals surface area contributed by atoms with E-state index in [1.807, 2.05) is 6.07 Å². The van der Waals surface area contributed by atoms with Crippen LogP contribution in [0.3, 0.4) is 0 Å². The first kappa shape index (κ1) is 17.8. The molecule has 0 unspecified atom stereocenters. The molecular formula is C21H29BrO2. The topological polar surface area (TPSA) is 29.5 Å². The van der Waals surface area contributed by atoms with Crippen LogP contribution in [0.5, 0.6) is 11.5 Å². The highest BCUT2D eigenvalue weighted by atomic mass is 79.9. The molecule has 24 heavy (non-hydrogen) atoms. The lowest BCUT2D eigenvalue weighted by Gasteiger charge is -2.47. The van der Waals surface area contributed by atoms with Gasteiger partial charge in [0, 0.05) is 22.7 Å². The van der Waals surface area contributed by atoms with Crippen LogP contribution in [0.25, 0.3) is 0 Å². The predicted octanol–water partition coefficient (Wildman–Crippen LogP) is 6.11. The van der Waals surface area contributed by atoms with Crippen molar-refractivity contribution in [2.45, 2.75) is 70.8 Å². The number of phenolic OH excluding ortho intramolecular Hbond substituents is 1. The maximum atomic E-state index is 10.7. The number of alkyl halides is 1. The van der Waals surface area contributed by atoms with Crippen molar-refractivity contribution in [2.24, 2.45) is 5.92 Å². The smallest absolute Gasteiger partial charge is 0.127 e. The molecule has 0 radical (unpaired) electrons. The molecule has 2 nitrogen and oxygen atoms in total. The molecule has 1 N–H and O–H groups in total. The first-order valence-corrected chi connectivity index (χ1v) is 10.3. The second kappa shape index (κ2) is 7.11. The van der Waals surface area contributed by atoms with Crippen molar-refractivity contribution in [3.8, 4) is 11.5 Å². The maximum Gasteiger partial charge on any atom is 0.127 e. The minimum absolute atomic E-state index is 0.185. The Labute approximate surface area is 154 Å². The van der Waals surface area contributed by atoms with Crippen molar-refractivity contribution in [3.05, 3.63) is 34.9 Å². The zero-order chi connectivity index (χ0) is 17.3. The van der Waals surface area contributed by atoms with E-state index >= 15 is 0 Å². The molecule has 132 valence electrons. The van der Waals surface area contributed by atoms with Crippen molar-refractivity contribution < 1.29 is 9.84 Å². The van der Waals surface area contributed by atoms with Crippen LogP contribution in [0.2, 0.25) is 0 Å². The molecule has 0 spiro atoms. The van der Waals surface area contributed by atoms with E-state index in [2.05, 4.69) is 48.8 Å². The summed E-state index contributed by atoms with van der Waals surface area (Å²) in [6.45, 7) is 6.59. The Kier molecular flexibility index (Phi) is 5.29. The monoisotopic (exact) mass is 392 g/mol. The fourth-order valence-corrected chi connectivity index (χ4v) is 4.76. The van der Waals surface area contributed by atoms with Crippen LogP contribution in [0, 0.1) is 5.92 Å². The number of unbranched alkanes of at least 4 members (excludes halogenated alkanes) is 2. The van der Waals surface area contributed by atoms with E-state index in [1.54, 1.807) is 0 Å². The molecule has 2 atom stereocenters. The van der Waals surface area contributed by atoms with Crippen LogP contribution in [0.15, 0.2) is 23.8 Å². The van der Waals surface area contributed by atoms with E-state index in [-0.39, 0.29) is 5.60 Å². The third-order valence-corrected chi connectivity index (χ3v) is 6.22. The zero-order valence-electron chi connectivity index (χ0n) is 15.1. The first-order chi connectivity index (χ1) is 11.4. The minimum atomic E-state index is -0.185. The molecule has 0 amide bonds. The number of hydrogen-bond acceptors (Lipinski definition) is 2. The number of aryl methyl sites for hydroxylation is 1. The Morgan fingerprint density at radius 3 is 2.79 bits per heavy atom. The lowest BCUT2D eigenvalue weighted by molar-refractivity contribution is 0.00753. The number of phenols is 1. The summed E-state index contributed by atoms with van der Waals surface area (Å²) in [6, 6.07) is 4.15. The van der Waals surface area contributed by atoms with Gasteiger partial charge in [-0.2, -0.15) is 0 Å². The molecule has 3 rings (SSSR count). The van der Waals surface area contributed by atoms with E-state index < -0.39 is 0 Å².